The Labute approximate surface area is 138 Å². The van der Waals surface area contributed by atoms with E-state index >= 15 is 0 Å². The molecule has 22 heavy (non-hydrogen) atoms. The van der Waals surface area contributed by atoms with Crippen LogP contribution in [0, 0.1) is 5.92 Å². The Balaban J connectivity index is 2.36. The molecular weight excluding hydrogens is 350 g/mol. The van der Waals surface area contributed by atoms with Gasteiger partial charge >= 0.3 is 5.97 Å². The summed E-state index contributed by atoms with van der Waals surface area (Å²) in [6, 6.07) is 3.68. The van der Waals surface area contributed by atoms with E-state index in [2.05, 4.69) is 39.8 Å². The van der Waals surface area contributed by atoms with Crippen molar-refractivity contribution in [2.24, 2.45) is 11.1 Å². The van der Waals surface area contributed by atoms with Crippen LogP contribution in [-0.4, -0.2) is 25.4 Å². The van der Waals surface area contributed by atoms with Gasteiger partial charge < -0.3 is 14.3 Å². The van der Waals surface area contributed by atoms with Crippen LogP contribution in [0.5, 0.6) is 11.5 Å². The van der Waals surface area contributed by atoms with E-state index in [1.54, 1.807) is 20.1 Å². The maximum absolute atomic E-state index is 11.6. The highest BCUT2D eigenvalue weighted by Crippen LogP contribution is 2.37. The van der Waals surface area contributed by atoms with Crippen molar-refractivity contribution >= 4 is 33.7 Å². The van der Waals surface area contributed by atoms with E-state index in [4.69, 9.17) is 9.47 Å². The molecule has 1 heterocycles. The second kappa shape index (κ2) is 6.96. The number of carbonyl (C=O) groups excluding carboxylic acids is 1. The number of nitrogens with zero attached hydrogens (tertiary/aromatic N) is 1. The standard InChI is InChI=1S/C16H18BrNO4/c1-9(2)8-21-15-13(17)6-11(7-14(15)20-4)5-12-10(3)18-22-16(12)19/h5-7,9H,8H2,1-4H3/b12-5-. The van der Waals surface area contributed by atoms with Crippen molar-refractivity contribution in [2.45, 2.75) is 20.8 Å². The molecular formula is C16H18BrNO4. The first kappa shape index (κ1) is 16.5. The minimum absolute atomic E-state index is 0.408. The largest absolute Gasteiger partial charge is 0.493 e. The van der Waals surface area contributed by atoms with E-state index in [1.807, 2.05) is 12.1 Å². The van der Waals surface area contributed by atoms with Crippen molar-refractivity contribution in [3.8, 4) is 11.5 Å². The predicted octanol–water partition coefficient (Wildman–Crippen LogP) is 3.81. The van der Waals surface area contributed by atoms with Crippen molar-refractivity contribution < 1.29 is 19.1 Å². The van der Waals surface area contributed by atoms with Crippen LogP contribution in [0.3, 0.4) is 0 Å². The fourth-order valence-electron chi connectivity index (χ4n) is 1.90. The summed E-state index contributed by atoms with van der Waals surface area (Å²) in [4.78, 5) is 16.2. The zero-order chi connectivity index (χ0) is 16.3. The van der Waals surface area contributed by atoms with Gasteiger partial charge in [-0.2, -0.15) is 0 Å². The monoisotopic (exact) mass is 367 g/mol. The van der Waals surface area contributed by atoms with Gasteiger partial charge in [-0.15, -0.1) is 0 Å². The van der Waals surface area contributed by atoms with E-state index in [0.717, 1.165) is 10.0 Å². The van der Waals surface area contributed by atoms with Gasteiger partial charge in [0, 0.05) is 0 Å². The number of hydrogen-bond donors (Lipinski definition) is 0. The molecule has 0 atom stereocenters. The Morgan fingerprint density at radius 1 is 1.41 bits per heavy atom. The molecule has 0 aliphatic carbocycles. The minimum atomic E-state index is -0.451. The number of ether oxygens (including phenoxy) is 2. The number of methoxy groups -OCH3 is 1. The molecule has 0 saturated carbocycles. The lowest BCUT2D eigenvalue weighted by atomic mass is 10.1. The zero-order valence-corrected chi connectivity index (χ0v) is 14.6. The Bertz CT molecular complexity index is 650. The van der Waals surface area contributed by atoms with E-state index in [9.17, 15) is 4.79 Å². The number of rotatable bonds is 5. The second-order valence-corrected chi connectivity index (χ2v) is 6.21. The molecule has 2 rings (SSSR count). The molecule has 0 bridgehead atoms. The van der Waals surface area contributed by atoms with Crippen molar-refractivity contribution in [1.82, 2.24) is 0 Å². The molecule has 5 nitrogen and oxygen atoms in total. The summed E-state index contributed by atoms with van der Waals surface area (Å²) >= 11 is 3.49. The van der Waals surface area contributed by atoms with Gasteiger partial charge in [-0.05, 0) is 52.5 Å². The van der Waals surface area contributed by atoms with Gasteiger partial charge in [-0.3, -0.25) is 0 Å². The minimum Gasteiger partial charge on any atom is -0.493 e. The lowest BCUT2D eigenvalue weighted by Crippen LogP contribution is -2.06. The molecule has 1 aliphatic heterocycles. The molecule has 1 aliphatic rings. The van der Waals surface area contributed by atoms with Crippen molar-refractivity contribution in [3.63, 3.8) is 0 Å². The molecule has 0 spiro atoms. The highest BCUT2D eigenvalue weighted by atomic mass is 79.9. The third kappa shape index (κ3) is 3.68. The molecule has 0 unspecified atom stereocenters. The van der Waals surface area contributed by atoms with Crippen LogP contribution in [0.25, 0.3) is 6.08 Å². The number of hydrogen-bond acceptors (Lipinski definition) is 5. The van der Waals surface area contributed by atoms with E-state index in [1.165, 1.54) is 0 Å². The summed E-state index contributed by atoms with van der Waals surface area (Å²) in [5.41, 5.74) is 1.79. The summed E-state index contributed by atoms with van der Waals surface area (Å²) in [5.74, 6) is 1.21. The van der Waals surface area contributed by atoms with Gasteiger partial charge in [0.15, 0.2) is 11.5 Å². The topological polar surface area (TPSA) is 57.1 Å². The summed E-state index contributed by atoms with van der Waals surface area (Å²) < 4.78 is 11.9. The molecule has 1 aromatic carbocycles. The first-order valence-electron chi connectivity index (χ1n) is 6.90. The number of carbonyl (C=O) groups is 1. The molecule has 0 fully saturated rings. The lowest BCUT2D eigenvalue weighted by molar-refractivity contribution is -0.136. The second-order valence-electron chi connectivity index (χ2n) is 5.35. The highest BCUT2D eigenvalue weighted by Gasteiger charge is 2.22. The lowest BCUT2D eigenvalue weighted by Gasteiger charge is -2.15. The summed E-state index contributed by atoms with van der Waals surface area (Å²) in [6.45, 7) is 6.47. The van der Waals surface area contributed by atoms with Crippen LogP contribution in [0.1, 0.15) is 26.3 Å². The molecule has 0 saturated heterocycles. The maximum Gasteiger partial charge on any atom is 0.367 e. The average Bonchev–Trinajstić information content (AvgIpc) is 2.77. The number of halogens is 1. The first-order valence-corrected chi connectivity index (χ1v) is 7.70. The summed E-state index contributed by atoms with van der Waals surface area (Å²) in [7, 11) is 1.58. The molecule has 0 radical (unpaired) electrons. The molecule has 118 valence electrons. The maximum atomic E-state index is 11.6. The Morgan fingerprint density at radius 2 is 2.14 bits per heavy atom. The molecule has 6 heteroatoms. The molecule has 0 aromatic heterocycles. The molecule has 1 aromatic rings. The van der Waals surface area contributed by atoms with Gasteiger partial charge in [0.2, 0.25) is 0 Å². The third-order valence-corrected chi connectivity index (χ3v) is 3.59. The average molecular weight is 368 g/mol. The van der Waals surface area contributed by atoms with Gasteiger partial charge in [0.25, 0.3) is 0 Å². The fraction of sp³-hybridized carbons (Fsp3) is 0.375. The van der Waals surface area contributed by atoms with Crippen LogP contribution in [0.4, 0.5) is 0 Å². The van der Waals surface area contributed by atoms with E-state index in [-0.39, 0.29) is 0 Å². The fourth-order valence-corrected chi connectivity index (χ4v) is 2.47. The Kier molecular flexibility index (Phi) is 5.24. The van der Waals surface area contributed by atoms with Crippen LogP contribution in [0.15, 0.2) is 27.3 Å². The first-order chi connectivity index (χ1) is 10.4. The van der Waals surface area contributed by atoms with Gasteiger partial charge in [-0.25, -0.2) is 4.79 Å². The SMILES string of the molecule is COc1cc(/C=C2\C(=O)ON=C2C)cc(Br)c1OCC(C)C. The van der Waals surface area contributed by atoms with Crippen LogP contribution < -0.4 is 9.47 Å². The summed E-state index contributed by atoms with van der Waals surface area (Å²) in [5, 5.41) is 3.66. The van der Waals surface area contributed by atoms with E-state index in [0.29, 0.717) is 35.3 Å². The van der Waals surface area contributed by atoms with Gasteiger partial charge in [0.1, 0.15) is 0 Å². The zero-order valence-electron chi connectivity index (χ0n) is 13.0. The van der Waals surface area contributed by atoms with Crippen LogP contribution in [0.2, 0.25) is 0 Å². The van der Waals surface area contributed by atoms with E-state index < -0.39 is 5.97 Å². The van der Waals surface area contributed by atoms with Crippen molar-refractivity contribution in [2.75, 3.05) is 13.7 Å². The van der Waals surface area contributed by atoms with Gasteiger partial charge in [-0.1, -0.05) is 19.0 Å². The number of oxime groups is 1. The normalized spacial score (nSPS) is 16.0. The number of benzene rings is 1. The highest BCUT2D eigenvalue weighted by molar-refractivity contribution is 9.10. The van der Waals surface area contributed by atoms with Crippen LogP contribution in [-0.2, 0) is 9.63 Å². The predicted molar refractivity (Wildman–Crippen MR) is 88.2 cm³/mol. The summed E-state index contributed by atoms with van der Waals surface area (Å²) in [6.07, 6.45) is 1.72. The van der Waals surface area contributed by atoms with Gasteiger partial charge in [0.05, 0.1) is 29.5 Å². The molecule has 0 amide bonds. The van der Waals surface area contributed by atoms with Crippen molar-refractivity contribution in [1.29, 1.82) is 0 Å². The Hall–Kier alpha value is -1.82. The quantitative estimate of drug-likeness (QED) is 0.586. The Morgan fingerprint density at radius 3 is 2.68 bits per heavy atom. The van der Waals surface area contributed by atoms with Crippen LogP contribution >= 0.6 is 15.9 Å². The van der Waals surface area contributed by atoms with Crippen molar-refractivity contribution in [3.05, 3.63) is 27.7 Å². The smallest absolute Gasteiger partial charge is 0.367 e. The molecule has 0 N–H and O–H groups in total. The third-order valence-electron chi connectivity index (χ3n) is 3.00.